The maximum Gasteiger partial charge on any atom is 0.253 e. The molecular formula is C17H17Cl2NO2. The van der Waals surface area contributed by atoms with E-state index >= 15 is 0 Å². The molecule has 0 spiro atoms. The summed E-state index contributed by atoms with van der Waals surface area (Å²) in [7, 11) is 1.75. The highest BCUT2D eigenvalue weighted by molar-refractivity contribution is 6.42. The average molecular weight is 338 g/mol. The third-order valence-corrected chi connectivity index (χ3v) is 3.90. The summed E-state index contributed by atoms with van der Waals surface area (Å²) < 4.78 is 5.37. The number of benzene rings is 2. The molecule has 2 aromatic carbocycles. The number of carbonyl (C=O) groups excluding carboxylic acids is 1. The molecule has 0 heterocycles. The van der Waals surface area contributed by atoms with E-state index in [1.165, 1.54) is 0 Å². The summed E-state index contributed by atoms with van der Waals surface area (Å²) in [5, 5.41) is 0.993. The van der Waals surface area contributed by atoms with E-state index in [0.29, 0.717) is 28.8 Å². The Balaban J connectivity index is 2.06. The van der Waals surface area contributed by atoms with Crippen LogP contribution in [0.4, 0.5) is 0 Å². The predicted octanol–water partition coefficient (Wildman–Crippen LogP) is 4.66. The molecule has 22 heavy (non-hydrogen) atoms. The van der Waals surface area contributed by atoms with Gasteiger partial charge in [0.1, 0.15) is 5.75 Å². The lowest BCUT2D eigenvalue weighted by molar-refractivity contribution is 0.0785. The van der Waals surface area contributed by atoms with Gasteiger partial charge in [0, 0.05) is 19.2 Å². The number of rotatable bonds is 5. The largest absolute Gasteiger partial charge is 0.494 e. The molecule has 0 unspecified atom stereocenters. The first kappa shape index (κ1) is 16.7. The summed E-state index contributed by atoms with van der Waals surface area (Å²) in [5.41, 5.74) is 1.54. The Morgan fingerprint density at radius 3 is 2.36 bits per heavy atom. The molecule has 2 aromatic rings. The van der Waals surface area contributed by atoms with Gasteiger partial charge in [-0.2, -0.15) is 0 Å². The molecule has 0 aliphatic rings. The van der Waals surface area contributed by atoms with Gasteiger partial charge in [-0.25, -0.2) is 0 Å². The summed E-state index contributed by atoms with van der Waals surface area (Å²) >= 11 is 11.9. The summed E-state index contributed by atoms with van der Waals surface area (Å²) in [5.74, 6) is 0.695. The van der Waals surface area contributed by atoms with Crippen LogP contribution in [0.2, 0.25) is 10.0 Å². The van der Waals surface area contributed by atoms with E-state index in [9.17, 15) is 4.79 Å². The second-order valence-electron chi connectivity index (χ2n) is 4.87. The molecule has 0 fully saturated rings. The number of halogens is 2. The van der Waals surface area contributed by atoms with Crippen LogP contribution in [0.1, 0.15) is 22.8 Å². The molecule has 0 atom stereocenters. The molecule has 1 amide bonds. The maximum atomic E-state index is 12.4. The van der Waals surface area contributed by atoms with Gasteiger partial charge in [-0.3, -0.25) is 4.79 Å². The van der Waals surface area contributed by atoms with Crippen LogP contribution in [0, 0.1) is 0 Å². The fourth-order valence-electron chi connectivity index (χ4n) is 2.06. The average Bonchev–Trinajstić information content (AvgIpc) is 2.51. The highest BCUT2D eigenvalue weighted by Crippen LogP contribution is 2.23. The summed E-state index contributed by atoms with van der Waals surface area (Å²) in [4.78, 5) is 14.0. The molecule has 0 aromatic heterocycles. The molecule has 3 nitrogen and oxygen atoms in total. The Bertz CT molecular complexity index is 656. The summed E-state index contributed by atoms with van der Waals surface area (Å²) in [6.07, 6.45) is 0. The van der Waals surface area contributed by atoms with Crippen molar-refractivity contribution in [2.45, 2.75) is 13.5 Å². The third kappa shape index (κ3) is 4.15. The Labute approximate surface area is 140 Å². The van der Waals surface area contributed by atoms with E-state index in [1.807, 2.05) is 13.0 Å². The minimum atomic E-state index is -0.0610. The lowest BCUT2D eigenvalue weighted by atomic mass is 10.1. The fraction of sp³-hybridized carbons (Fsp3) is 0.235. The third-order valence-electron chi connectivity index (χ3n) is 3.16. The molecule has 0 aliphatic carbocycles. The number of hydrogen-bond donors (Lipinski definition) is 0. The van der Waals surface area contributed by atoms with E-state index in [2.05, 4.69) is 0 Å². The lowest BCUT2D eigenvalue weighted by Gasteiger charge is -2.18. The fourth-order valence-corrected chi connectivity index (χ4v) is 2.39. The van der Waals surface area contributed by atoms with Crippen LogP contribution < -0.4 is 4.74 Å². The normalized spacial score (nSPS) is 10.4. The van der Waals surface area contributed by atoms with Gasteiger partial charge in [-0.15, -0.1) is 0 Å². The van der Waals surface area contributed by atoms with E-state index in [1.54, 1.807) is 48.3 Å². The zero-order chi connectivity index (χ0) is 16.1. The quantitative estimate of drug-likeness (QED) is 0.793. The van der Waals surface area contributed by atoms with Gasteiger partial charge in [0.25, 0.3) is 5.91 Å². The second-order valence-corrected chi connectivity index (χ2v) is 5.68. The van der Waals surface area contributed by atoms with Gasteiger partial charge in [-0.1, -0.05) is 29.3 Å². The molecule has 5 heteroatoms. The number of nitrogens with zero attached hydrogens (tertiary/aromatic N) is 1. The summed E-state index contributed by atoms with van der Waals surface area (Å²) in [6, 6.07) is 12.5. The highest BCUT2D eigenvalue weighted by Gasteiger charge is 2.12. The van der Waals surface area contributed by atoms with Crippen molar-refractivity contribution in [2.24, 2.45) is 0 Å². The molecule has 2 rings (SSSR count). The van der Waals surface area contributed by atoms with Crippen molar-refractivity contribution in [3.05, 3.63) is 63.6 Å². The van der Waals surface area contributed by atoms with Crippen molar-refractivity contribution in [3.8, 4) is 5.75 Å². The van der Waals surface area contributed by atoms with Gasteiger partial charge in [0.05, 0.1) is 16.7 Å². The highest BCUT2D eigenvalue weighted by atomic mass is 35.5. The smallest absolute Gasteiger partial charge is 0.253 e. The van der Waals surface area contributed by atoms with Crippen LogP contribution >= 0.6 is 23.2 Å². The zero-order valence-corrected chi connectivity index (χ0v) is 14.0. The molecule has 0 saturated carbocycles. The van der Waals surface area contributed by atoms with Crippen molar-refractivity contribution < 1.29 is 9.53 Å². The van der Waals surface area contributed by atoms with Gasteiger partial charge in [0.15, 0.2) is 0 Å². The minimum Gasteiger partial charge on any atom is -0.494 e. The van der Waals surface area contributed by atoms with Crippen LogP contribution in [0.5, 0.6) is 5.75 Å². The van der Waals surface area contributed by atoms with Crippen molar-refractivity contribution in [1.29, 1.82) is 0 Å². The minimum absolute atomic E-state index is 0.0610. The van der Waals surface area contributed by atoms with E-state index < -0.39 is 0 Å². The number of ether oxygens (including phenoxy) is 1. The SMILES string of the molecule is CCOc1ccc(C(=O)N(C)Cc2ccc(Cl)c(Cl)c2)cc1. The Morgan fingerprint density at radius 2 is 1.77 bits per heavy atom. The van der Waals surface area contributed by atoms with Gasteiger partial charge in [-0.05, 0) is 48.9 Å². The van der Waals surface area contributed by atoms with Crippen LogP contribution in [0.25, 0.3) is 0 Å². The lowest BCUT2D eigenvalue weighted by Crippen LogP contribution is -2.26. The van der Waals surface area contributed by atoms with Crippen LogP contribution in [-0.2, 0) is 6.54 Å². The first-order valence-corrected chi connectivity index (χ1v) is 7.69. The monoisotopic (exact) mass is 337 g/mol. The topological polar surface area (TPSA) is 29.5 Å². The standard InChI is InChI=1S/C17H17Cl2NO2/c1-3-22-14-7-5-13(6-8-14)17(21)20(2)11-12-4-9-15(18)16(19)10-12/h4-10H,3,11H2,1-2H3. The molecule has 0 bridgehead atoms. The van der Waals surface area contributed by atoms with Gasteiger partial charge < -0.3 is 9.64 Å². The molecule has 116 valence electrons. The van der Waals surface area contributed by atoms with Crippen molar-refractivity contribution in [2.75, 3.05) is 13.7 Å². The van der Waals surface area contributed by atoms with E-state index in [-0.39, 0.29) is 5.91 Å². The maximum absolute atomic E-state index is 12.4. The van der Waals surface area contributed by atoms with Crippen molar-refractivity contribution >= 4 is 29.1 Å². The summed E-state index contributed by atoms with van der Waals surface area (Å²) in [6.45, 7) is 2.98. The molecule has 0 N–H and O–H groups in total. The number of carbonyl (C=O) groups is 1. The van der Waals surface area contributed by atoms with Crippen LogP contribution in [-0.4, -0.2) is 24.5 Å². The molecule has 0 saturated heterocycles. The van der Waals surface area contributed by atoms with Gasteiger partial charge in [0.2, 0.25) is 0 Å². The Morgan fingerprint density at radius 1 is 1.09 bits per heavy atom. The Kier molecular flexibility index (Phi) is 5.69. The number of amides is 1. The van der Waals surface area contributed by atoms with Crippen LogP contribution in [0.3, 0.4) is 0 Å². The first-order chi connectivity index (χ1) is 10.5. The van der Waals surface area contributed by atoms with Crippen molar-refractivity contribution in [3.63, 3.8) is 0 Å². The molecule has 0 aliphatic heterocycles. The van der Waals surface area contributed by atoms with Gasteiger partial charge >= 0.3 is 0 Å². The van der Waals surface area contributed by atoms with Crippen molar-refractivity contribution in [1.82, 2.24) is 4.90 Å². The van der Waals surface area contributed by atoms with E-state index in [0.717, 1.165) is 11.3 Å². The van der Waals surface area contributed by atoms with Crippen LogP contribution in [0.15, 0.2) is 42.5 Å². The Hall–Kier alpha value is -1.71. The zero-order valence-electron chi connectivity index (χ0n) is 12.5. The second kappa shape index (κ2) is 7.52. The predicted molar refractivity (Wildman–Crippen MR) is 89.9 cm³/mol. The molecular weight excluding hydrogens is 321 g/mol. The molecule has 0 radical (unpaired) electrons. The number of hydrogen-bond acceptors (Lipinski definition) is 2. The van der Waals surface area contributed by atoms with E-state index in [4.69, 9.17) is 27.9 Å². The first-order valence-electron chi connectivity index (χ1n) is 6.93.